The molecule has 6 heteroatoms. The Morgan fingerprint density at radius 1 is 0.885 bits per heavy atom. The van der Waals surface area contributed by atoms with E-state index in [1.807, 2.05) is 27.7 Å². The van der Waals surface area contributed by atoms with Gasteiger partial charge in [-0.05, 0) is 39.5 Å². The lowest BCUT2D eigenvalue weighted by molar-refractivity contribution is -0.168. The van der Waals surface area contributed by atoms with Crippen molar-refractivity contribution >= 4 is 23.9 Å². The van der Waals surface area contributed by atoms with Gasteiger partial charge < -0.3 is 9.47 Å². The summed E-state index contributed by atoms with van der Waals surface area (Å²) < 4.78 is 9.28. The number of ether oxygens (including phenoxy) is 2. The standard InChI is InChI=1S/2C10H18O3/c1-6-7(2)8(11)13-9(12)10(3,4)5;1-4-5-6-9(11)13-10(12)7-8(2)3/h7H,6H2,1-5H3;8H,4-7H2,1-3H3. The first-order chi connectivity index (χ1) is 11.8. The van der Waals surface area contributed by atoms with Crippen molar-refractivity contribution in [3.63, 3.8) is 0 Å². The average Bonchev–Trinajstić information content (AvgIpc) is 2.50. The van der Waals surface area contributed by atoms with Crippen LogP contribution in [0.3, 0.4) is 0 Å². The van der Waals surface area contributed by atoms with Crippen LogP contribution in [0.2, 0.25) is 0 Å². The van der Waals surface area contributed by atoms with Crippen LogP contribution in [0.1, 0.15) is 87.5 Å². The lowest BCUT2D eigenvalue weighted by atomic mass is 9.97. The van der Waals surface area contributed by atoms with Crippen LogP contribution < -0.4 is 0 Å². The van der Waals surface area contributed by atoms with Crippen molar-refractivity contribution in [2.45, 2.75) is 87.5 Å². The van der Waals surface area contributed by atoms with E-state index in [0.29, 0.717) is 19.3 Å². The first kappa shape index (κ1) is 26.5. The third-order valence-corrected chi connectivity index (χ3v) is 3.36. The lowest BCUT2D eigenvalue weighted by Crippen LogP contribution is -2.28. The second kappa shape index (κ2) is 13.5. The van der Waals surface area contributed by atoms with Crippen molar-refractivity contribution in [3.8, 4) is 0 Å². The zero-order valence-corrected chi connectivity index (χ0v) is 17.6. The zero-order chi connectivity index (χ0) is 20.9. The summed E-state index contributed by atoms with van der Waals surface area (Å²) in [6.45, 7) is 14.6. The fourth-order valence-electron chi connectivity index (χ4n) is 1.39. The Bertz CT molecular complexity index is 459. The molecule has 0 fully saturated rings. The fraction of sp³-hybridized carbons (Fsp3) is 0.800. The van der Waals surface area contributed by atoms with Gasteiger partial charge in [-0.25, -0.2) is 0 Å². The highest BCUT2D eigenvalue weighted by Gasteiger charge is 2.27. The first-order valence-corrected chi connectivity index (χ1v) is 9.34. The van der Waals surface area contributed by atoms with Crippen LogP contribution in [0.5, 0.6) is 0 Å². The molecule has 1 unspecified atom stereocenters. The highest BCUT2D eigenvalue weighted by atomic mass is 16.6. The van der Waals surface area contributed by atoms with E-state index in [-0.39, 0.29) is 11.8 Å². The normalized spacial score (nSPS) is 11.9. The number of carbonyl (C=O) groups is 4. The summed E-state index contributed by atoms with van der Waals surface area (Å²) in [5, 5.41) is 0. The van der Waals surface area contributed by atoms with E-state index < -0.39 is 29.3 Å². The fourth-order valence-corrected chi connectivity index (χ4v) is 1.39. The Morgan fingerprint density at radius 2 is 1.42 bits per heavy atom. The predicted octanol–water partition coefficient (Wildman–Crippen LogP) is 4.44. The van der Waals surface area contributed by atoms with Gasteiger partial charge in [-0.3, -0.25) is 19.2 Å². The second-order valence-electron chi connectivity index (χ2n) is 7.82. The molecule has 0 heterocycles. The molecular weight excluding hydrogens is 336 g/mol. The molecule has 152 valence electrons. The number of hydrogen-bond donors (Lipinski definition) is 0. The highest BCUT2D eigenvalue weighted by molar-refractivity contribution is 5.89. The number of hydrogen-bond acceptors (Lipinski definition) is 6. The minimum absolute atomic E-state index is 0.203. The quantitative estimate of drug-likeness (QED) is 0.485. The van der Waals surface area contributed by atoms with E-state index >= 15 is 0 Å². The number of carbonyl (C=O) groups excluding carboxylic acids is 4. The van der Waals surface area contributed by atoms with Crippen LogP contribution in [0.4, 0.5) is 0 Å². The van der Waals surface area contributed by atoms with Crippen molar-refractivity contribution in [1.82, 2.24) is 0 Å². The van der Waals surface area contributed by atoms with Crippen molar-refractivity contribution in [3.05, 3.63) is 0 Å². The number of esters is 4. The maximum absolute atomic E-state index is 11.3. The van der Waals surface area contributed by atoms with Gasteiger partial charge in [0.15, 0.2) is 0 Å². The predicted molar refractivity (Wildman–Crippen MR) is 100 cm³/mol. The molecular formula is C20H36O6. The van der Waals surface area contributed by atoms with E-state index in [9.17, 15) is 19.2 Å². The van der Waals surface area contributed by atoms with Crippen LogP contribution >= 0.6 is 0 Å². The molecule has 0 bridgehead atoms. The molecule has 0 spiro atoms. The van der Waals surface area contributed by atoms with E-state index in [1.165, 1.54) is 0 Å². The van der Waals surface area contributed by atoms with E-state index in [0.717, 1.165) is 12.8 Å². The van der Waals surface area contributed by atoms with Crippen molar-refractivity contribution < 1.29 is 28.7 Å². The molecule has 0 aliphatic carbocycles. The minimum Gasteiger partial charge on any atom is -0.393 e. The smallest absolute Gasteiger partial charge is 0.318 e. The molecule has 0 saturated heterocycles. The highest BCUT2D eigenvalue weighted by Crippen LogP contribution is 2.16. The first-order valence-electron chi connectivity index (χ1n) is 9.34. The van der Waals surface area contributed by atoms with Gasteiger partial charge in [0.1, 0.15) is 0 Å². The van der Waals surface area contributed by atoms with Gasteiger partial charge in [0, 0.05) is 12.8 Å². The maximum atomic E-state index is 11.3. The Kier molecular flexibility index (Phi) is 13.7. The molecule has 0 amide bonds. The van der Waals surface area contributed by atoms with E-state index in [2.05, 4.69) is 9.47 Å². The van der Waals surface area contributed by atoms with E-state index in [1.54, 1.807) is 27.7 Å². The third kappa shape index (κ3) is 14.6. The van der Waals surface area contributed by atoms with Gasteiger partial charge in [-0.1, -0.05) is 41.0 Å². The second-order valence-corrected chi connectivity index (χ2v) is 7.82. The summed E-state index contributed by atoms with van der Waals surface area (Å²) in [5.41, 5.74) is -0.608. The topological polar surface area (TPSA) is 86.7 Å². The molecule has 26 heavy (non-hydrogen) atoms. The molecule has 0 rings (SSSR count). The van der Waals surface area contributed by atoms with Crippen molar-refractivity contribution in [1.29, 1.82) is 0 Å². The van der Waals surface area contributed by atoms with Crippen LogP contribution in [-0.2, 0) is 28.7 Å². The van der Waals surface area contributed by atoms with Crippen LogP contribution in [0.15, 0.2) is 0 Å². The maximum Gasteiger partial charge on any atom is 0.318 e. The third-order valence-electron chi connectivity index (χ3n) is 3.36. The van der Waals surface area contributed by atoms with Crippen molar-refractivity contribution in [2.75, 3.05) is 0 Å². The summed E-state index contributed by atoms with van der Waals surface area (Å²) in [7, 11) is 0. The van der Waals surface area contributed by atoms with Crippen LogP contribution in [-0.4, -0.2) is 23.9 Å². The Balaban J connectivity index is 0. The Morgan fingerprint density at radius 3 is 1.81 bits per heavy atom. The molecule has 1 atom stereocenters. The van der Waals surface area contributed by atoms with Crippen LogP contribution in [0, 0.1) is 17.3 Å². The molecule has 0 radical (unpaired) electrons. The van der Waals surface area contributed by atoms with Gasteiger partial charge in [-0.2, -0.15) is 0 Å². The van der Waals surface area contributed by atoms with Gasteiger partial charge in [0.2, 0.25) is 0 Å². The van der Waals surface area contributed by atoms with Gasteiger partial charge >= 0.3 is 23.9 Å². The van der Waals surface area contributed by atoms with E-state index in [4.69, 9.17) is 0 Å². The Labute approximate surface area is 158 Å². The molecule has 0 N–H and O–H groups in total. The molecule has 0 saturated carbocycles. The average molecular weight is 373 g/mol. The molecule has 6 nitrogen and oxygen atoms in total. The van der Waals surface area contributed by atoms with Crippen molar-refractivity contribution in [2.24, 2.45) is 17.3 Å². The number of rotatable bonds is 7. The molecule has 0 aromatic heterocycles. The zero-order valence-electron chi connectivity index (χ0n) is 17.6. The minimum atomic E-state index is -0.608. The summed E-state index contributed by atoms with van der Waals surface area (Å²) >= 11 is 0. The van der Waals surface area contributed by atoms with Gasteiger partial charge in [0.05, 0.1) is 11.3 Å². The summed E-state index contributed by atoms with van der Waals surface area (Å²) in [6, 6.07) is 0. The van der Waals surface area contributed by atoms with Gasteiger partial charge in [0.25, 0.3) is 0 Å². The molecule has 0 aliphatic heterocycles. The number of unbranched alkanes of at least 4 members (excludes halogenated alkanes) is 1. The monoisotopic (exact) mass is 372 g/mol. The molecule has 0 aromatic carbocycles. The summed E-state index contributed by atoms with van der Waals surface area (Å²) in [4.78, 5) is 44.4. The van der Waals surface area contributed by atoms with Gasteiger partial charge in [-0.15, -0.1) is 0 Å². The largest absolute Gasteiger partial charge is 0.393 e. The molecule has 0 aliphatic rings. The summed E-state index contributed by atoms with van der Waals surface area (Å²) in [5.74, 6) is -1.65. The molecule has 0 aromatic rings. The van der Waals surface area contributed by atoms with Crippen LogP contribution in [0.25, 0.3) is 0 Å². The Hall–Kier alpha value is -1.72. The SMILES string of the molecule is CCC(C)C(=O)OC(=O)C(C)(C)C.CCCCC(=O)OC(=O)CC(C)C. The summed E-state index contributed by atoms with van der Waals surface area (Å²) in [6.07, 6.45) is 3.08. The lowest BCUT2D eigenvalue weighted by Gasteiger charge is -2.16.